The van der Waals surface area contributed by atoms with Gasteiger partial charge in [-0.25, -0.2) is 9.99 Å². The molecule has 1 aliphatic rings. The minimum absolute atomic E-state index is 0.0973. The molecule has 1 N–H and O–H groups in total. The van der Waals surface area contributed by atoms with Crippen LogP contribution < -0.4 is 14.8 Å². The van der Waals surface area contributed by atoms with E-state index in [-0.39, 0.29) is 36.2 Å². The predicted molar refractivity (Wildman–Crippen MR) is 132 cm³/mol. The Balaban J connectivity index is 1.53. The number of alkyl halides is 3. The molecule has 3 aromatic rings. The number of anilines is 1. The van der Waals surface area contributed by atoms with Gasteiger partial charge in [0, 0.05) is 36.0 Å². The van der Waals surface area contributed by atoms with Crippen molar-refractivity contribution in [3.05, 3.63) is 77.9 Å². The number of amides is 2. The van der Waals surface area contributed by atoms with Crippen molar-refractivity contribution in [3.8, 4) is 11.5 Å². The molecule has 2 heterocycles. The number of nitrogens with one attached hydrogen (secondary N) is 1. The summed E-state index contributed by atoms with van der Waals surface area (Å²) in [7, 11) is 1.25. The molecule has 0 saturated heterocycles. The summed E-state index contributed by atoms with van der Waals surface area (Å²) in [5.41, 5.74) is 2.58. The third kappa shape index (κ3) is 6.44. The van der Waals surface area contributed by atoms with Crippen LogP contribution in [0.15, 0.2) is 66.2 Å². The molecule has 1 aromatic heterocycles. The zero-order valence-electron chi connectivity index (χ0n) is 20.5. The summed E-state index contributed by atoms with van der Waals surface area (Å²) in [6.07, 6.45) is 0.203. The fourth-order valence-corrected chi connectivity index (χ4v) is 3.95. The normalized spacial score (nSPS) is 15.6. The Bertz CT molecular complexity index is 1330. The summed E-state index contributed by atoms with van der Waals surface area (Å²) >= 11 is 0. The van der Waals surface area contributed by atoms with Crippen molar-refractivity contribution in [2.24, 2.45) is 11.0 Å². The fraction of sp³-hybridized carbons (Fsp3) is 0.269. The zero-order chi connectivity index (χ0) is 27.3. The van der Waals surface area contributed by atoms with Crippen LogP contribution in [-0.2, 0) is 11.3 Å². The molecule has 38 heavy (non-hydrogen) atoms. The SMILES string of the molecule is CCC1CC(=O)N(Cc2ccc(NC(=O)c3cnccn3)cc2)N=C1c1ccc(OC(F)(F)F)c(OC)c1. The molecule has 1 atom stereocenters. The Hall–Kier alpha value is -4.48. The fourth-order valence-electron chi connectivity index (χ4n) is 3.95. The lowest BCUT2D eigenvalue weighted by Gasteiger charge is -2.29. The third-order valence-electron chi connectivity index (χ3n) is 5.84. The highest BCUT2D eigenvalue weighted by atomic mass is 19.4. The number of hydrogen-bond acceptors (Lipinski definition) is 7. The van der Waals surface area contributed by atoms with Crippen molar-refractivity contribution >= 4 is 23.2 Å². The first kappa shape index (κ1) is 26.6. The number of hydrazone groups is 1. The molecular formula is C26H24F3N5O4. The number of carbonyl (C=O) groups excluding carboxylic acids is 2. The maximum atomic E-state index is 12.8. The number of aromatic nitrogens is 2. The highest BCUT2D eigenvalue weighted by Crippen LogP contribution is 2.35. The van der Waals surface area contributed by atoms with Crippen LogP contribution in [0.4, 0.5) is 18.9 Å². The summed E-state index contributed by atoms with van der Waals surface area (Å²) in [5.74, 6) is -1.35. The molecule has 4 rings (SSSR count). The van der Waals surface area contributed by atoms with Gasteiger partial charge in [-0.1, -0.05) is 19.1 Å². The number of hydrogen-bond donors (Lipinski definition) is 1. The summed E-state index contributed by atoms with van der Waals surface area (Å²) in [5, 5.41) is 8.63. The quantitative estimate of drug-likeness (QED) is 0.451. The van der Waals surface area contributed by atoms with Crippen LogP contribution in [0.2, 0.25) is 0 Å². The molecule has 0 bridgehead atoms. The Morgan fingerprint density at radius 3 is 2.53 bits per heavy atom. The van der Waals surface area contributed by atoms with Crippen LogP contribution >= 0.6 is 0 Å². The summed E-state index contributed by atoms with van der Waals surface area (Å²) in [4.78, 5) is 32.9. The van der Waals surface area contributed by atoms with E-state index in [4.69, 9.17) is 4.74 Å². The molecule has 0 fully saturated rings. The van der Waals surface area contributed by atoms with Crippen LogP contribution in [0.1, 0.15) is 41.4 Å². The summed E-state index contributed by atoms with van der Waals surface area (Å²) < 4.78 is 47.3. The molecule has 9 nitrogen and oxygen atoms in total. The van der Waals surface area contributed by atoms with Gasteiger partial charge in [0.2, 0.25) is 5.91 Å². The van der Waals surface area contributed by atoms with Crippen LogP contribution in [0.5, 0.6) is 11.5 Å². The van der Waals surface area contributed by atoms with E-state index in [1.165, 1.54) is 48.9 Å². The van der Waals surface area contributed by atoms with Gasteiger partial charge in [0.05, 0.1) is 25.6 Å². The molecule has 198 valence electrons. The van der Waals surface area contributed by atoms with E-state index in [0.717, 1.165) is 5.56 Å². The van der Waals surface area contributed by atoms with Crippen LogP contribution in [0.25, 0.3) is 0 Å². The molecular weight excluding hydrogens is 503 g/mol. The van der Waals surface area contributed by atoms with E-state index < -0.39 is 18.0 Å². The second-order valence-corrected chi connectivity index (χ2v) is 8.40. The van der Waals surface area contributed by atoms with Gasteiger partial charge in [-0.05, 0) is 42.3 Å². The topological polar surface area (TPSA) is 106 Å². The minimum atomic E-state index is -4.86. The molecule has 12 heteroatoms. The molecule has 1 unspecified atom stereocenters. The van der Waals surface area contributed by atoms with E-state index in [1.54, 1.807) is 24.3 Å². The average Bonchev–Trinajstić information content (AvgIpc) is 2.90. The second kappa shape index (κ2) is 11.3. The van der Waals surface area contributed by atoms with Gasteiger partial charge in [0.1, 0.15) is 5.69 Å². The monoisotopic (exact) mass is 527 g/mol. The van der Waals surface area contributed by atoms with Crippen molar-refractivity contribution in [2.45, 2.75) is 32.7 Å². The largest absolute Gasteiger partial charge is 0.573 e. The van der Waals surface area contributed by atoms with Crippen molar-refractivity contribution in [1.82, 2.24) is 15.0 Å². The first-order valence-corrected chi connectivity index (χ1v) is 11.7. The lowest BCUT2D eigenvalue weighted by molar-refractivity contribution is -0.275. The van der Waals surface area contributed by atoms with Crippen LogP contribution in [0, 0.1) is 5.92 Å². The maximum absolute atomic E-state index is 12.8. The van der Waals surface area contributed by atoms with Crippen molar-refractivity contribution in [3.63, 3.8) is 0 Å². The number of carbonyl (C=O) groups is 2. The molecule has 0 radical (unpaired) electrons. The van der Waals surface area contributed by atoms with E-state index in [2.05, 4.69) is 25.1 Å². The first-order chi connectivity index (χ1) is 18.2. The Labute approximate surface area is 216 Å². The highest BCUT2D eigenvalue weighted by Gasteiger charge is 2.34. The Morgan fingerprint density at radius 2 is 1.89 bits per heavy atom. The molecule has 2 amide bonds. The van der Waals surface area contributed by atoms with Gasteiger partial charge in [0.15, 0.2) is 11.5 Å². The van der Waals surface area contributed by atoms with Gasteiger partial charge < -0.3 is 14.8 Å². The molecule has 1 aliphatic heterocycles. The second-order valence-electron chi connectivity index (χ2n) is 8.40. The Kier molecular flexibility index (Phi) is 7.89. The van der Waals surface area contributed by atoms with E-state index >= 15 is 0 Å². The van der Waals surface area contributed by atoms with E-state index in [0.29, 0.717) is 23.4 Å². The van der Waals surface area contributed by atoms with Crippen LogP contribution in [-0.4, -0.2) is 46.0 Å². The van der Waals surface area contributed by atoms with E-state index in [1.807, 2.05) is 6.92 Å². The smallest absolute Gasteiger partial charge is 0.493 e. The Morgan fingerprint density at radius 1 is 1.13 bits per heavy atom. The lowest BCUT2D eigenvalue weighted by Crippen LogP contribution is -2.36. The number of rotatable bonds is 8. The highest BCUT2D eigenvalue weighted by molar-refractivity contribution is 6.06. The third-order valence-corrected chi connectivity index (χ3v) is 5.84. The van der Waals surface area contributed by atoms with Gasteiger partial charge in [-0.3, -0.25) is 14.6 Å². The number of halogens is 3. The molecule has 0 saturated carbocycles. The number of nitrogens with zero attached hydrogens (tertiary/aromatic N) is 4. The average molecular weight is 528 g/mol. The standard InChI is InChI=1S/C26H24F3N5O4/c1-3-17-13-23(35)34(33-24(17)18-6-9-21(22(12-18)37-2)38-26(27,28)29)15-16-4-7-19(8-5-16)32-25(36)20-14-30-10-11-31-20/h4-12,14,17H,3,13,15H2,1-2H3,(H,32,36). The van der Waals surface area contributed by atoms with Gasteiger partial charge >= 0.3 is 6.36 Å². The van der Waals surface area contributed by atoms with Gasteiger partial charge in [0.25, 0.3) is 5.91 Å². The van der Waals surface area contributed by atoms with Crippen molar-refractivity contribution < 1.29 is 32.2 Å². The molecule has 2 aromatic carbocycles. The van der Waals surface area contributed by atoms with Crippen molar-refractivity contribution in [1.29, 1.82) is 0 Å². The molecule has 0 aliphatic carbocycles. The number of benzene rings is 2. The van der Waals surface area contributed by atoms with Gasteiger partial charge in [-0.15, -0.1) is 13.2 Å². The summed E-state index contributed by atoms with van der Waals surface area (Å²) in [6.45, 7) is 2.08. The molecule has 0 spiro atoms. The number of methoxy groups -OCH3 is 1. The van der Waals surface area contributed by atoms with Gasteiger partial charge in [-0.2, -0.15) is 5.10 Å². The van der Waals surface area contributed by atoms with E-state index in [9.17, 15) is 22.8 Å². The summed E-state index contributed by atoms with van der Waals surface area (Å²) in [6, 6.07) is 11.0. The predicted octanol–water partition coefficient (Wildman–Crippen LogP) is 4.80. The number of ether oxygens (including phenoxy) is 2. The zero-order valence-corrected chi connectivity index (χ0v) is 20.5. The first-order valence-electron chi connectivity index (χ1n) is 11.7. The van der Waals surface area contributed by atoms with Crippen LogP contribution in [0.3, 0.4) is 0 Å². The maximum Gasteiger partial charge on any atom is 0.573 e. The minimum Gasteiger partial charge on any atom is -0.493 e. The lowest BCUT2D eigenvalue weighted by atomic mass is 9.89. The van der Waals surface area contributed by atoms with Crippen molar-refractivity contribution in [2.75, 3.05) is 12.4 Å².